The monoisotopic (exact) mass is 380 g/mol. The van der Waals surface area contributed by atoms with E-state index in [0.29, 0.717) is 23.2 Å². The van der Waals surface area contributed by atoms with Crippen LogP contribution in [0, 0.1) is 0 Å². The van der Waals surface area contributed by atoms with Crippen LogP contribution in [-0.2, 0) is 0 Å². The molecular formula is C16H17BrN2O2S. The summed E-state index contributed by atoms with van der Waals surface area (Å²) in [5.74, 6) is 1.37. The SMILES string of the molecule is CCOc1ccc(NC(=S)Nc2cccc(Br)c2)cc1OC. The van der Waals surface area contributed by atoms with Crippen molar-refractivity contribution in [3.8, 4) is 11.5 Å². The van der Waals surface area contributed by atoms with Gasteiger partial charge in [-0.1, -0.05) is 22.0 Å². The Bertz CT molecular complexity index is 664. The zero-order chi connectivity index (χ0) is 15.9. The van der Waals surface area contributed by atoms with E-state index in [9.17, 15) is 0 Å². The molecule has 0 saturated carbocycles. The van der Waals surface area contributed by atoms with Crippen molar-refractivity contribution in [1.29, 1.82) is 0 Å². The van der Waals surface area contributed by atoms with Crippen LogP contribution in [0.25, 0.3) is 0 Å². The Morgan fingerprint density at radius 1 is 1.09 bits per heavy atom. The predicted octanol–water partition coefficient (Wildman–Crippen LogP) is 4.67. The molecular weight excluding hydrogens is 364 g/mol. The van der Waals surface area contributed by atoms with E-state index >= 15 is 0 Å². The maximum absolute atomic E-state index is 5.49. The second kappa shape index (κ2) is 8.00. The molecule has 2 aromatic rings. The van der Waals surface area contributed by atoms with Crippen LogP contribution in [0.15, 0.2) is 46.9 Å². The molecule has 4 nitrogen and oxygen atoms in total. The van der Waals surface area contributed by atoms with Gasteiger partial charge in [0.15, 0.2) is 16.6 Å². The standard InChI is InChI=1S/C16H17BrN2O2S/c1-3-21-14-8-7-13(10-15(14)20-2)19-16(22)18-12-6-4-5-11(17)9-12/h4-10H,3H2,1-2H3,(H2,18,19,22). The van der Waals surface area contributed by atoms with Gasteiger partial charge in [-0.25, -0.2) is 0 Å². The van der Waals surface area contributed by atoms with Gasteiger partial charge in [0.25, 0.3) is 0 Å². The maximum Gasteiger partial charge on any atom is 0.175 e. The first-order valence-corrected chi connectivity index (χ1v) is 7.97. The molecule has 116 valence electrons. The average molecular weight is 381 g/mol. The summed E-state index contributed by atoms with van der Waals surface area (Å²) in [6.07, 6.45) is 0. The van der Waals surface area contributed by atoms with Gasteiger partial charge in [0.05, 0.1) is 13.7 Å². The van der Waals surface area contributed by atoms with Crippen molar-refractivity contribution in [2.75, 3.05) is 24.4 Å². The highest BCUT2D eigenvalue weighted by Crippen LogP contribution is 2.30. The molecule has 0 saturated heterocycles. The molecule has 0 aliphatic carbocycles. The Kier molecular flexibility index (Phi) is 6.03. The largest absolute Gasteiger partial charge is 0.493 e. The number of benzene rings is 2. The third-order valence-electron chi connectivity index (χ3n) is 2.80. The Balaban J connectivity index is 2.05. The molecule has 0 spiro atoms. The van der Waals surface area contributed by atoms with Crippen molar-refractivity contribution in [3.05, 3.63) is 46.9 Å². The van der Waals surface area contributed by atoms with Crippen molar-refractivity contribution in [2.24, 2.45) is 0 Å². The fourth-order valence-corrected chi connectivity index (χ4v) is 2.51. The highest BCUT2D eigenvalue weighted by molar-refractivity contribution is 9.10. The van der Waals surface area contributed by atoms with Crippen LogP contribution in [0.5, 0.6) is 11.5 Å². The molecule has 0 unspecified atom stereocenters. The highest BCUT2D eigenvalue weighted by atomic mass is 79.9. The number of halogens is 1. The zero-order valence-corrected chi connectivity index (χ0v) is 14.8. The first-order chi connectivity index (χ1) is 10.6. The molecule has 2 N–H and O–H groups in total. The minimum atomic E-state index is 0.504. The van der Waals surface area contributed by atoms with Gasteiger partial charge in [0, 0.05) is 21.9 Å². The average Bonchev–Trinajstić information content (AvgIpc) is 2.49. The van der Waals surface area contributed by atoms with Gasteiger partial charge in [0.1, 0.15) is 0 Å². The summed E-state index contributed by atoms with van der Waals surface area (Å²) in [6, 6.07) is 13.4. The molecule has 2 rings (SSSR count). The van der Waals surface area contributed by atoms with Crippen molar-refractivity contribution < 1.29 is 9.47 Å². The van der Waals surface area contributed by atoms with Crippen LogP contribution in [0.3, 0.4) is 0 Å². The third kappa shape index (κ3) is 4.61. The maximum atomic E-state index is 5.49. The van der Waals surface area contributed by atoms with Gasteiger partial charge in [0.2, 0.25) is 0 Å². The van der Waals surface area contributed by atoms with E-state index in [1.807, 2.05) is 49.4 Å². The zero-order valence-electron chi connectivity index (χ0n) is 12.4. The topological polar surface area (TPSA) is 42.5 Å². The number of methoxy groups -OCH3 is 1. The predicted molar refractivity (Wildman–Crippen MR) is 98.1 cm³/mol. The molecule has 0 aromatic heterocycles. The van der Waals surface area contributed by atoms with Crippen LogP contribution >= 0.6 is 28.1 Å². The van der Waals surface area contributed by atoms with Crippen LogP contribution < -0.4 is 20.1 Å². The molecule has 0 bridgehead atoms. The second-order valence-electron chi connectivity index (χ2n) is 4.39. The molecule has 0 radical (unpaired) electrons. The van der Waals surface area contributed by atoms with Crippen LogP contribution in [0.2, 0.25) is 0 Å². The van der Waals surface area contributed by atoms with E-state index < -0.39 is 0 Å². The molecule has 0 amide bonds. The lowest BCUT2D eigenvalue weighted by Gasteiger charge is -2.14. The number of thiocarbonyl (C=S) groups is 1. The molecule has 2 aromatic carbocycles. The summed E-state index contributed by atoms with van der Waals surface area (Å²) < 4.78 is 11.8. The lowest BCUT2D eigenvalue weighted by atomic mass is 10.2. The fourth-order valence-electron chi connectivity index (χ4n) is 1.88. The Morgan fingerprint density at radius 2 is 1.82 bits per heavy atom. The van der Waals surface area contributed by atoms with Crippen molar-refractivity contribution in [2.45, 2.75) is 6.92 Å². The number of hydrogen-bond donors (Lipinski definition) is 2. The Hall–Kier alpha value is -1.79. The summed E-state index contributed by atoms with van der Waals surface area (Å²) >= 11 is 8.74. The summed E-state index contributed by atoms with van der Waals surface area (Å²) in [6.45, 7) is 2.52. The molecule has 6 heteroatoms. The Labute approximate surface area is 144 Å². The number of hydrogen-bond acceptors (Lipinski definition) is 3. The van der Waals surface area contributed by atoms with Crippen molar-refractivity contribution in [3.63, 3.8) is 0 Å². The molecule has 0 fully saturated rings. The fraction of sp³-hybridized carbons (Fsp3) is 0.188. The van der Waals surface area contributed by atoms with Crippen molar-refractivity contribution >= 4 is 44.6 Å². The summed E-state index contributed by atoms with van der Waals surface area (Å²) in [5.41, 5.74) is 1.73. The minimum Gasteiger partial charge on any atom is -0.493 e. The molecule has 0 aliphatic heterocycles. The van der Waals surface area contributed by atoms with E-state index in [1.54, 1.807) is 7.11 Å². The van der Waals surface area contributed by atoms with Gasteiger partial charge < -0.3 is 20.1 Å². The van der Waals surface area contributed by atoms with Gasteiger partial charge >= 0.3 is 0 Å². The first-order valence-electron chi connectivity index (χ1n) is 6.76. The summed E-state index contributed by atoms with van der Waals surface area (Å²) in [7, 11) is 1.61. The van der Waals surface area contributed by atoms with Gasteiger partial charge in [-0.15, -0.1) is 0 Å². The number of nitrogens with one attached hydrogen (secondary N) is 2. The van der Waals surface area contributed by atoms with E-state index in [2.05, 4.69) is 26.6 Å². The molecule has 0 heterocycles. The highest BCUT2D eigenvalue weighted by Gasteiger charge is 2.06. The van der Waals surface area contributed by atoms with Gasteiger partial charge in [-0.05, 0) is 49.5 Å². The summed E-state index contributed by atoms with van der Waals surface area (Å²) in [4.78, 5) is 0. The quantitative estimate of drug-likeness (QED) is 0.738. The van der Waals surface area contributed by atoms with Gasteiger partial charge in [-0.2, -0.15) is 0 Å². The van der Waals surface area contributed by atoms with Gasteiger partial charge in [-0.3, -0.25) is 0 Å². The Morgan fingerprint density at radius 3 is 2.45 bits per heavy atom. The molecule has 0 aliphatic rings. The number of ether oxygens (including phenoxy) is 2. The lowest BCUT2D eigenvalue weighted by molar-refractivity contribution is 0.311. The minimum absolute atomic E-state index is 0.504. The normalized spacial score (nSPS) is 9.95. The van der Waals surface area contributed by atoms with Crippen molar-refractivity contribution in [1.82, 2.24) is 0 Å². The molecule has 0 atom stereocenters. The van der Waals surface area contributed by atoms with Crippen LogP contribution in [-0.4, -0.2) is 18.8 Å². The molecule has 22 heavy (non-hydrogen) atoms. The van der Waals surface area contributed by atoms with E-state index in [4.69, 9.17) is 21.7 Å². The second-order valence-corrected chi connectivity index (χ2v) is 5.71. The third-order valence-corrected chi connectivity index (χ3v) is 3.50. The smallest absolute Gasteiger partial charge is 0.175 e. The summed E-state index contributed by atoms with van der Waals surface area (Å²) in [5, 5.41) is 6.75. The van der Waals surface area contributed by atoms with Crippen LogP contribution in [0.1, 0.15) is 6.92 Å². The lowest BCUT2D eigenvalue weighted by Crippen LogP contribution is -2.19. The van der Waals surface area contributed by atoms with Crippen LogP contribution in [0.4, 0.5) is 11.4 Å². The number of anilines is 2. The van der Waals surface area contributed by atoms with E-state index in [0.717, 1.165) is 15.8 Å². The first kappa shape index (κ1) is 16.6. The van der Waals surface area contributed by atoms with E-state index in [-0.39, 0.29) is 0 Å². The van der Waals surface area contributed by atoms with E-state index in [1.165, 1.54) is 0 Å². The number of rotatable bonds is 5.